The summed E-state index contributed by atoms with van der Waals surface area (Å²) in [5, 5.41) is 2.58. The summed E-state index contributed by atoms with van der Waals surface area (Å²) >= 11 is 0. The minimum atomic E-state index is -0.561. The topological polar surface area (TPSA) is 84.9 Å². The molecule has 1 aliphatic heterocycles. The van der Waals surface area contributed by atoms with Crippen LogP contribution >= 0.6 is 0 Å². The lowest BCUT2D eigenvalue weighted by Crippen LogP contribution is -2.38. The van der Waals surface area contributed by atoms with Crippen LogP contribution in [-0.2, 0) is 25.5 Å². The number of carbonyl (C=O) groups excluding carboxylic acids is 3. The third-order valence-corrected chi connectivity index (χ3v) is 4.06. The van der Waals surface area contributed by atoms with Crippen molar-refractivity contribution in [3.8, 4) is 0 Å². The van der Waals surface area contributed by atoms with Crippen molar-refractivity contribution < 1.29 is 23.9 Å². The van der Waals surface area contributed by atoms with E-state index in [0.29, 0.717) is 13.0 Å². The molecule has 0 aliphatic carbocycles. The highest BCUT2D eigenvalue weighted by molar-refractivity contribution is 5.97. The molecule has 1 aromatic rings. The second-order valence-electron chi connectivity index (χ2n) is 7.64. The van der Waals surface area contributed by atoms with Gasteiger partial charge >= 0.3 is 12.1 Å². The number of esters is 1. The van der Waals surface area contributed by atoms with Crippen LogP contribution in [0.2, 0.25) is 0 Å². The normalized spacial score (nSPS) is 15.9. The standard InChI is InChI=1S/C20H28N2O5/c1-14-12-15-8-5-6-9-16(15)22(14)17(23)13-26-18(24)10-7-11-21-19(25)27-20(2,3)4/h5-6,8-9,14H,7,10-13H2,1-4H3,(H,21,25)/t14-/m1/s1. The number of hydrogen-bond acceptors (Lipinski definition) is 5. The van der Waals surface area contributed by atoms with Crippen LogP contribution in [0.3, 0.4) is 0 Å². The summed E-state index contributed by atoms with van der Waals surface area (Å²) in [7, 11) is 0. The van der Waals surface area contributed by atoms with Gasteiger partial charge in [0, 0.05) is 24.7 Å². The number of nitrogens with zero attached hydrogens (tertiary/aromatic N) is 1. The number of nitrogens with one attached hydrogen (secondary N) is 1. The van der Waals surface area contributed by atoms with Gasteiger partial charge in [-0.15, -0.1) is 0 Å². The summed E-state index contributed by atoms with van der Waals surface area (Å²) in [6.07, 6.45) is 0.809. The number of carbonyl (C=O) groups is 3. The van der Waals surface area contributed by atoms with Crippen molar-refractivity contribution in [2.75, 3.05) is 18.1 Å². The van der Waals surface area contributed by atoms with E-state index >= 15 is 0 Å². The first-order valence-electron chi connectivity index (χ1n) is 9.20. The number of rotatable bonds is 6. The molecule has 1 aliphatic rings. The van der Waals surface area contributed by atoms with Crippen LogP contribution < -0.4 is 10.2 Å². The maximum absolute atomic E-state index is 12.5. The van der Waals surface area contributed by atoms with Crippen molar-refractivity contribution in [3.05, 3.63) is 29.8 Å². The quantitative estimate of drug-likeness (QED) is 0.610. The zero-order chi connectivity index (χ0) is 20.0. The lowest BCUT2D eigenvalue weighted by atomic mass is 10.1. The third kappa shape index (κ3) is 6.27. The second kappa shape index (κ2) is 8.88. The van der Waals surface area contributed by atoms with Gasteiger partial charge in [-0.25, -0.2) is 4.79 Å². The van der Waals surface area contributed by atoms with Crippen molar-refractivity contribution in [3.63, 3.8) is 0 Å². The molecule has 0 saturated carbocycles. The smallest absolute Gasteiger partial charge is 0.407 e. The number of fused-ring (bicyclic) bond motifs is 1. The van der Waals surface area contributed by atoms with E-state index in [1.807, 2.05) is 31.2 Å². The summed E-state index contributed by atoms with van der Waals surface area (Å²) in [5.74, 6) is -0.692. The number of para-hydroxylation sites is 1. The molecule has 2 rings (SSSR count). The molecule has 0 spiro atoms. The molecule has 0 saturated heterocycles. The molecular weight excluding hydrogens is 348 g/mol. The summed E-state index contributed by atoms with van der Waals surface area (Å²) in [5.41, 5.74) is 1.44. The van der Waals surface area contributed by atoms with Crippen LogP contribution in [0.15, 0.2) is 24.3 Å². The summed E-state index contributed by atoms with van der Waals surface area (Å²) in [6.45, 7) is 7.33. The molecule has 2 amide bonds. The molecule has 148 valence electrons. The summed E-state index contributed by atoms with van der Waals surface area (Å²) in [6, 6.07) is 7.79. The molecule has 0 aromatic heterocycles. The van der Waals surface area contributed by atoms with Crippen molar-refractivity contribution in [2.45, 2.75) is 58.6 Å². The van der Waals surface area contributed by atoms with Crippen molar-refractivity contribution >= 4 is 23.7 Å². The van der Waals surface area contributed by atoms with Crippen LogP contribution in [0.1, 0.15) is 46.1 Å². The Kier molecular flexibility index (Phi) is 6.82. The zero-order valence-corrected chi connectivity index (χ0v) is 16.4. The van der Waals surface area contributed by atoms with E-state index in [2.05, 4.69) is 5.32 Å². The van der Waals surface area contributed by atoms with Crippen molar-refractivity contribution in [2.24, 2.45) is 0 Å². The summed E-state index contributed by atoms with van der Waals surface area (Å²) in [4.78, 5) is 37.5. The minimum absolute atomic E-state index is 0.0478. The number of anilines is 1. The fourth-order valence-corrected chi connectivity index (χ4v) is 2.97. The van der Waals surface area contributed by atoms with Crippen LogP contribution in [0.5, 0.6) is 0 Å². The molecule has 1 aromatic carbocycles. The second-order valence-corrected chi connectivity index (χ2v) is 7.64. The first kappa shape index (κ1) is 20.7. The minimum Gasteiger partial charge on any atom is -0.456 e. The molecule has 7 nitrogen and oxygen atoms in total. The fraction of sp³-hybridized carbons (Fsp3) is 0.550. The van der Waals surface area contributed by atoms with Crippen LogP contribution in [-0.4, -0.2) is 42.8 Å². The number of ether oxygens (including phenoxy) is 2. The van der Waals surface area contributed by atoms with Gasteiger partial charge < -0.3 is 19.7 Å². The van der Waals surface area contributed by atoms with E-state index in [4.69, 9.17) is 9.47 Å². The SMILES string of the molecule is C[C@@H]1Cc2ccccc2N1C(=O)COC(=O)CCCNC(=O)OC(C)(C)C. The lowest BCUT2D eigenvalue weighted by Gasteiger charge is -2.22. The maximum atomic E-state index is 12.5. The van der Waals surface area contributed by atoms with Gasteiger partial charge in [-0.1, -0.05) is 18.2 Å². The first-order valence-corrected chi connectivity index (χ1v) is 9.20. The maximum Gasteiger partial charge on any atom is 0.407 e. The third-order valence-electron chi connectivity index (χ3n) is 4.06. The number of benzene rings is 1. The molecule has 7 heteroatoms. The Morgan fingerprint density at radius 1 is 1.22 bits per heavy atom. The van der Waals surface area contributed by atoms with Gasteiger partial charge in [0.05, 0.1) is 0 Å². The van der Waals surface area contributed by atoms with Gasteiger partial charge in [0.15, 0.2) is 6.61 Å². The highest BCUT2D eigenvalue weighted by Gasteiger charge is 2.30. The van der Waals surface area contributed by atoms with Crippen molar-refractivity contribution in [1.29, 1.82) is 0 Å². The van der Waals surface area contributed by atoms with Crippen LogP contribution in [0.25, 0.3) is 0 Å². The van der Waals surface area contributed by atoms with E-state index in [1.165, 1.54) is 0 Å². The van der Waals surface area contributed by atoms with Gasteiger partial charge in [0.2, 0.25) is 0 Å². The largest absolute Gasteiger partial charge is 0.456 e. The molecule has 1 heterocycles. The molecule has 27 heavy (non-hydrogen) atoms. The Bertz CT molecular complexity index is 696. The van der Waals surface area contributed by atoms with Gasteiger partial charge in [-0.05, 0) is 52.2 Å². The number of alkyl carbamates (subject to hydrolysis) is 1. The van der Waals surface area contributed by atoms with Crippen LogP contribution in [0.4, 0.5) is 10.5 Å². The lowest BCUT2D eigenvalue weighted by molar-refractivity contribution is -0.148. The van der Waals surface area contributed by atoms with Gasteiger partial charge in [-0.2, -0.15) is 0 Å². The van der Waals surface area contributed by atoms with Crippen LogP contribution in [0, 0.1) is 0 Å². The van der Waals surface area contributed by atoms with E-state index < -0.39 is 17.7 Å². The molecular formula is C20H28N2O5. The molecule has 1 atom stereocenters. The average Bonchev–Trinajstić information content (AvgIpc) is 2.91. The van der Waals surface area contributed by atoms with E-state index in [0.717, 1.165) is 17.7 Å². The predicted molar refractivity (Wildman–Crippen MR) is 102 cm³/mol. The Labute approximate surface area is 160 Å². The Hall–Kier alpha value is -2.57. The molecule has 0 unspecified atom stereocenters. The molecule has 0 radical (unpaired) electrons. The molecule has 1 N–H and O–H groups in total. The van der Waals surface area contributed by atoms with E-state index in [9.17, 15) is 14.4 Å². The highest BCUT2D eigenvalue weighted by Crippen LogP contribution is 2.31. The number of hydrogen-bond donors (Lipinski definition) is 1. The average molecular weight is 376 g/mol. The van der Waals surface area contributed by atoms with Gasteiger partial charge in [-0.3, -0.25) is 9.59 Å². The van der Waals surface area contributed by atoms with Gasteiger partial charge in [0.25, 0.3) is 5.91 Å². The monoisotopic (exact) mass is 376 g/mol. The number of amides is 2. The Morgan fingerprint density at radius 2 is 1.93 bits per heavy atom. The van der Waals surface area contributed by atoms with E-state index in [1.54, 1.807) is 25.7 Å². The molecule has 0 fully saturated rings. The molecule has 0 bridgehead atoms. The first-order chi connectivity index (χ1) is 12.7. The van der Waals surface area contributed by atoms with Crippen molar-refractivity contribution in [1.82, 2.24) is 5.32 Å². The predicted octanol–water partition coefficient (Wildman–Crippen LogP) is 2.81. The zero-order valence-electron chi connectivity index (χ0n) is 16.4. The van der Waals surface area contributed by atoms with E-state index in [-0.39, 0.29) is 25.0 Å². The summed E-state index contributed by atoms with van der Waals surface area (Å²) < 4.78 is 10.2. The highest BCUT2D eigenvalue weighted by atomic mass is 16.6. The fourth-order valence-electron chi connectivity index (χ4n) is 2.97. The Balaban J connectivity index is 1.69. The van der Waals surface area contributed by atoms with Gasteiger partial charge in [0.1, 0.15) is 5.60 Å². The Morgan fingerprint density at radius 3 is 2.63 bits per heavy atom.